The van der Waals surface area contributed by atoms with Crippen molar-refractivity contribution in [2.45, 2.75) is 25.2 Å². The van der Waals surface area contributed by atoms with Crippen molar-refractivity contribution in [2.24, 2.45) is 0 Å². The Morgan fingerprint density at radius 3 is 3.00 bits per heavy atom. The van der Waals surface area contributed by atoms with Crippen molar-refractivity contribution in [1.29, 1.82) is 0 Å². The van der Waals surface area contributed by atoms with E-state index >= 15 is 0 Å². The van der Waals surface area contributed by atoms with Gasteiger partial charge in [-0.3, -0.25) is 14.7 Å². The van der Waals surface area contributed by atoms with Crippen LogP contribution in [0.25, 0.3) is 0 Å². The number of amides is 1. The zero-order valence-electron chi connectivity index (χ0n) is 13.3. The molecule has 7 nitrogen and oxygen atoms in total. The highest BCUT2D eigenvalue weighted by atomic mass is 32.1. The molecule has 128 valence electrons. The lowest BCUT2D eigenvalue weighted by atomic mass is 10.0. The van der Waals surface area contributed by atoms with Gasteiger partial charge >= 0.3 is 0 Å². The zero-order valence-corrected chi connectivity index (χ0v) is 14.2. The first-order chi connectivity index (χ1) is 11.5. The summed E-state index contributed by atoms with van der Waals surface area (Å²) in [6, 6.07) is 5.05. The average Bonchev–Trinajstić information content (AvgIpc) is 3.10. The molecule has 3 N–H and O–H groups in total. The van der Waals surface area contributed by atoms with E-state index in [1.165, 1.54) is 6.20 Å². The molecule has 0 spiro atoms. The minimum absolute atomic E-state index is 0.0260. The van der Waals surface area contributed by atoms with Gasteiger partial charge in [0.15, 0.2) is 0 Å². The Balaban J connectivity index is 1.59. The highest BCUT2D eigenvalue weighted by Gasteiger charge is 2.44. The van der Waals surface area contributed by atoms with Crippen LogP contribution in [0, 0.1) is 6.92 Å². The van der Waals surface area contributed by atoms with E-state index in [-0.39, 0.29) is 24.7 Å². The molecule has 2 aromatic rings. The maximum atomic E-state index is 12.0. The molecule has 24 heavy (non-hydrogen) atoms. The molecule has 1 saturated heterocycles. The molecule has 2 atom stereocenters. The topological polar surface area (TPSA) is 98.6 Å². The van der Waals surface area contributed by atoms with Gasteiger partial charge in [0.25, 0.3) is 5.91 Å². The van der Waals surface area contributed by atoms with E-state index in [9.17, 15) is 15.0 Å². The van der Waals surface area contributed by atoms with Crippen LogP contribution in [0.2, 0.25) is 0 Å². The molecule has 2 aromatic heterocycles. The number of hydrogen-bond acceptors (Lipinski definition) is 7. The molecule has 3 heterocycles. The molecule has 0 radical (unpaired) electrons. The summed E-state index contributed by atoms with van der Waals surface area (Å²) in [4.78, 5) is 23.3. The minimum atomic E-state index is -1.37. The number of rotatable bonds is 5. The average molecular weight is 348 g/mol. The summed E-state index contributed by atoms with van der Waals surface area (Å²) >= 11 is 1.56. The van der Waals surface area contributed by atoms with Gasteiger partial charge in [0.05, 0.1) is 23.9 Å². The van der Waals surface area contributed by atoms with Crippen LogP contribution in [0.3, 0.4) is 0 Å². The molecule has 3 rings (SSSR count). The molecule has 0 unspecified atom stereocenters. The van der Waals surface area contributed by atoms with Crippen LogP contribution < -0.4 is 5.32 Å². The fourth-order valence-electron chi connectivity index (χ4n) is 2.77. The van der Waals surface area contributed by atoms with Gasteiger partial charge in [0.2, 0.25) is 0 Å². The first-order valence-electron chi connectivity index (χ1n) is 7.69. The Hall–Kier alpha value is -1.87. The lowest BCUT2D eigenvalue weighted by molar-refractivity contribution is -0.0377. The number of hydrogen-bond donors (Lipinski definition) is 3. The summed E-state index contributed by atoms with van der Waals surface area (Å²) in [5.41, 5.74) is 1.67. The van der Waals surface area contributed by atoms with Crippen molar-refractivity contribution in [2.75, 3.05) is 19.6 Å². The number of aliphatic hydroxyl groups is 2. The van der Waals surface area contributed by atoms with Gasteiger partial charge in [-0.2, -0.15) is 0 Å². The summed E-state index contributed by atoms with van der Waals surface area (Å²) < 4.78 is 0. The largest absolute Gasteiger partial charge is 0.389 e. The molecule has 1 aliphatic rings. The van der Waals surface area contributed by atoms with Gasteiger partial charge in [0.1, 0.15) is 11.3 Å². The highest BCUT2D eigenvalue weighted by molar-refractivity contribution is 7.09. The van der Waals surface area contributed by atoms with Crippen LogP contribution in [-0.2, 0) is 6.54 Å². The lowest BCUT2D eigenvalue weighted by Crippen LogP contribution is -2.51. The van der Waals surface area contributed by atoms with Gasteiger partial charge < -0.3 is 15.5 Å². The number of aromatic nitrogens is 2. The van der Waals surface area contributed by atoms with Crippen LogP contribution in [0.1, 0.15) is 21.1 Å². The van der Waals surface area contributed by atoms with Crippen molar-refractivity contribution >= 4 is 17.2 Å². The number of aliphatic hydroxyl groups excluding tert-OH is 1. The Morgan fingerprint density at radius 1 is 1.50 bits per heavy atom. The predicted octanol–water partition coefficient (Wildman–Crippen LogP) is 0.184. The van der Waals surface area contributed by atoms with Crippen molar-refractivity contribution in [3.05, 3.63) is 46.2 Å². The van der Waals surface area contributed by atoms with Gasteiger partial charge in [-0.25, -0.2) is 4.98 Å². The molecule has 0 aliphatic carbocycles. The number of carbonyl (C=O) groups excluding carboxylic acids is 1. The molecule has 0 aromatic carbocycles. The van der Waals surface area contributed by atoms with Gasteiger partial charge in [-0.15, -0.1) is 11.3 Å². The first kappa shape index (κ1) is 17.0. The third-order valence-corrected chi connectivity index (χ3v) is 5.13. The Bertz CT molecular complexity index is 708. The molecule has 1 fully saturated rings. The second-order valence-corrected chi connectivity index (χ2v) is 6.99. The number of aryl methyl sites for hydroxylation is 1. The molecular weight excluding hydrogens is 328 g/mol. The fourth-order valence-corrected chi connectivity index (χ4v) is 3.59. The standard InChI is InChI=1S/C16H20N4O3S/c1-11-13(24-10-19-11)6-20-7-14(21)16(23,9-20)8-18-15(22)12-4-2-3-5-17-12/h2-5,10,14,21,23H,6-9H2,1H3,(H,18,22)/t14-,16+/m1/s1. The van der Waals surface area contributed by atoms with E-state index < -0.39 is 11.7 Å². The molecule has 1 aliphatic heterocycles. The number of pyridine rings is 1. The Labute approximate surface area is 144 Å². The van der Waals surface area contributed by atoms with Gasteiger partial charge in [-0.05, 0) is 19.1 Å². The van der Waals surface area contributed by atoms with Crippen molar-refractivity contribution < 1.29 is 15.0 Å². The number of thiazole rings is 1. The Morgan fingerprint density at radius 2 is 2.33 bits per heavy atom. The summed E-state index contributed by atoms with van der Waals surface area (Å²) in [5, 5.41) is 23.6. The summed E-state index contributed by atoms with van der Waals surface area (Å²) in [5.74, 6) is -0.368. The Kier molecular flexibility index (Phi) is 4.91. The third-order valence-electron chi connectivity index (χ3n) is 4.21. The first-order valence-corrected chi connectivity index (χ1v) is 8.57. The minimum Gasteiger partial charge on any atom is -0.389 e. The maximum absolute atomic E-state index is 12.0. The lowest BCUT2D eigenvalue weighted by Gasteiger charge is -2.26. The number of nitrogens with zero attached hydrogens (tertiary/aromatic N) is 3. The third kappa shape index (κ3) is 3.62. The SMILES string of the molecule is Cc1ncsc1CN1C[C@@H](O)[C@](O)(CNC(=O)c2ccccn2)C1. The monoisotopic (exact) mass is 348 g/mol. The quantitative estimate of drug-likeness (QED) is 0.713. The van der Waals surface area contributed by atoms with Crippen LogP contribution in [-0.4, -0.2) is 62.3 Å². The van der Waals surface area contributed by atoms with Crippen molar-refractivity contribution in [1.82, 2.24) is 20.2 Å². The number of carbonyl (C=O) groups is 1. The number of likely N-dealkylation sites (tertiary alicyclic amines) is 1. The van der Waals surface area contributed by atoms with Gasteiger partial charge in [-0.1, -0.05) is 6.07 Å². The summed E-state index contributed by atoms with van der Waals surface area (Å²) in [6.45, 7) is 3.19. The summed E-state index contributed by atoms with van der Waals surface area (Å²) in [6.07, 6.45) is 0.613. The van der Waals surface area contributed by atoms with Crippen LogP contribution >= 0.6 is 11.3 Å². The van der Waals surface area contributed by atoms with Crippen LogP contribution in [0.15, 0.2) is 29.9 Å². The van der Waals surface area contributed by atoms with E-state index in [1.807, 2.05) is 11.8 Å². The summed E-state index contributed by atoms with van der Waals surface area (Å²) in [7, 11) is 0. The molecule has 8 heteroatoms. The van der Waals surface area contributed by atoms with Crippen LogP contribution in [0.5, 0.6) is 0 Å². The van der Waals surface area contributed by atoms with Crippen molar-refractivity contribution in [3.8, 4) is 0 Å². The number of nitrogens with one attached hydrogen (secondary N) is 1. The van der Waals surface area contributed by atoms with E-state index in [1.54, 1.807) is 35.0 Å². The molecule has 0 saturated carbocycles. The fraction of sp³-hybridized carbons (Fsp3) is 0.438. The normalized spacial score (nSPS) is 24.2. The smallest absolute Gasteiger partial charge is 0.269 e. The van der Waals surface area contributed by atoms with E-state index in [2.05, 4.69) is 15.3 Å². The maximum Gasteiger partial charge on any atom is 0.269 e. The zero-order chi connectivity index (χ0) is 17.2. The van der Waals surface area contributed by atoms with E-state index in [0.717, 1.165) is 10.6 Å². The predicted molar refractivity (Wildman–Crippen MR) is 89.7 cm³/mol. The molecular formula is C16H20N4O3S. The van der Waals surface area contributed by atoms with E-state index in [0.29, 0.717) is 13.1 Å². The van der Waals surface area contributed by atoms with Crippen molar-refractivity contribution in [3.63, 3.8) is 0 Å². The number of β-amino-alcohol motifs (C(OH)–C–C–N with tert-alkyl or cyclic N) is 2. The molecule has 0 bridgehead atoms. The van der Waals surface area contributed by atoms with Crippen LogP contribution in [0.4, 0.5) is 0 Å². The molecule has 1 amide bonds. The van der Waals surface area contributed by atoms with Gasteiger partial charge in [0, 0.05) is 30.7 Å². The second-order valence-electron chi connectivity index (χ2n) is 6.05. The van der Waals surface area contributed by atoms with E-state index in [4.69, 9.17) is 0 Å². The second kappa shape index (κ2) is 6.94. The highest BCUT2D eigenvalue weighted by Crippen LogP contribution is 2.25.